The van der Waals surface area contributed by atoms with Crippen LogP contribution < -0.4 is 53.6 Å². The highest BCUT2D eigenvalue weighted by atomic mass is 32.2. The number of amides is 15. The molecule has 0 bridgehead atoms. The van der Waals surface area contributed by atoms with Crippen molar-refractivity contribution in [1.29, 1.82) is 0 Å². The molecule has 12 atom stereocenters. The number of benzene rings is 6. The van der Waals surface area contributed by atoms with Crippen LogP contribution in [0.25, 0.3) is 10.9 Å². The van der Waals surface area contributed by atoms with Crippen LogP contribution in [0.15, 0.2) is 170 Å². The monoisotopic (exact) mass is 1810 g/mol. The Bertz CT molecular complexity index is 5090. The molecule has 0 radical (unpaired) electrons. The van der Waals surface area contributed by atoms with Gasteiger partial charge in [-0.3, -0.25) is 76.7 Å². The summed E-state index contributed by atoms with van der Waals surface area (Å²) in [5.41, 5.74) is 9.12. The van der Waals surface area contributed by atoms with E-state index in [1.54, 1.807) is 149 Å². The minimum atomic E-state index is -1.91. The molecule has 2 heterocycles. The molecule has 0 saturated carbocycles. The summed E-state index contributed by atoms with van der Waals surface area (Å²) in [6.45, 7) is 6.38. The van der Waals surface area contributed by atoms with Crippen molar-refractivity contribution < 1.29 is 92.0 Å². The molecule has 1 aromatic heterocycles. The van der Waals surface area contributed by atoms with Crippen LogP contribution in [0.4, 0.5) is 0 Å². The van der Waals surface area contributed by atoms with E-state index in [1.807, 2.05) is 6.92 Å². The molecule has 1 aliphatic heterocycles. The lowest BCUT2D eigenvalue weighted by molar-refractivity contribution is -0.151. The number of unbranched alkanes of at least 4 members (excludes halogenated alkanes) is 1. The van der Waals surface area contributed by atoms with Crippen molar-refractivity contribution in [3.8, 4) is 11.5 Å². The number of carboxylic acids is 1. The molecule has 0 aliphatic carbocycles. The van der Waals surface area contributed by atoms with Gasteiger partial charge in [-0.2, -0.15) is 0 Å². The molecule has 12 unspecified atom stereocenters. The van der Waals surface area contributed by atoms with Crippen LogP contribution in [0, 0.1) is 11.8 Å². The van der Waals surface area contributed by atoms with Gasteiger partial charge < -0.3 is 98.4 Å². The molecule has 130 heavy (non-hydrogen) atoms. The van der Waals surface area contributed by atoms with Crippen molar-refractivity contribution in [3.63, 3.8) is 0 Å². The summed E-state index contributed by atoms with van der Waals surface area (Å²) < 4.78 is 0. The first-order valence-corrected chi connectivity index (χ1v) is 44.4. The zero-order chi connectivity index (χ0) is 95.0. The Hall–Kier alpha value is -13.7. The number of aromatic amines is 1. The normalized spacial score (nSPS) is 22.0. The fourth-order valence-corrected chi connectivity index (χ4v) is 16.0. The summed E-state index contributed by atoms with van der Waals surface area (Å²) in [5, 5.41) is 55.8. The Labute approximate surface area is 759 Å². The third-order valence-electron chi connectivity index (χ3n) is 22.6. The molecule has 36 heteroatoms. The number of hydrogen-bond donors (Lipinski definition) is 14. The van der Waals surface area contributed by atoms with E-state index in [0.717, 1.165) is 26.5 Å². The van der Waals surface area contributed by atoms with Crippen LogP contribution in [0.5, 0.6) is 11.5 Å². The predicted octanol–water partition coefficient (Wildman–Crippen LogP) is 2.72. The molecule has 696 valence electrons. The number of fused-ring (bicyclic) bond motifs is 1. The van der Waals surface area contributed by atoms with Crippen molar-refractivity contribution in [2.45, 2.75) is 178 Å². The SMILES string of the molecule is CCCCC1C(=O)N(C)CC(=O)NC(CC(=O)O)C(=O)NC(C(C)CC)C(=O)N(C)C(Cc2ccccc2)C(=O)NC(Cc2ccc(O)cc2)C(=O)N(C)CC(=O)NC(Cc2c[nH]c3ccccc23)C(=O)NC(Cc2ccc(O)cc2)C(=O)NC(CC(C)C)C(=O)NC(C(=O)NCC(N)=O)CSCC(=O)NC(Cc2ccccc2)C(=O)N(C)C(Cc2ccccc2)C(=O)N1C. The molecule has 1 aliphatic rings. The van der Waals surface area contributed by atoms with Gasteiger partial charge in [0.15, 0.2) is 0 Å². The van der Waals surface area contributed by atoms with Crippen molar-refractivity contribution in [1.82, 2.24) is 77.3 Å². The number of primary amides is 1. The molecular weight excluding hydrogens is 1690 g/mol. The number of nitrogens with one attached hydrogen (secondary N) is 10. The van der Waals surface area contributed by atoms with E-state index in [9.17, 15) is 53.7 Å². The van der Waals surface area contributed by atoms with E-state index in [-0.39, 0.29) is 81.0 Å². The number of phenolic OH excluding ortho intramolecular Hbond substituents is 2. The number of aromatic nitrogens is 1. The number of aliphatic carboxylic acids is 1. The lowest BCUT2D eigenvalue weighted by Crippen LogP contribution is -2.61. The molecular formula is C94H120N16O19S. The minimum Gasteiger partial charge on any atom is -0.508 e. The maximum Gasteiger partial charge on any atom is 0.305 e. The van der Waals surface area contributed by atoms with Crippen LogP contribution >= 0.6 is 11.8 Å². The van der Waals surface area contributed by atoms with Crippen molar-refractivity contribution in [2.24, 2.45) is 17.6 Å². The van der Waals surface area contributed by atoms with Gasteiger partial charge in [0.25, 0.3) is 0 Å². The lowest BCUT2D eigenvalue weighted by Gasteiger charge is -2.37. The molecule has 7 aromatic rings. The first-order valence-electron chi connectivity index (χ1n) is 43.2. The Morgan fingerprint density at radius 1 is 0.462 bits per heavy atom. The number of likely N-dealkylation sites (N-methyl/N-ethyl adjacent to an activating group) is 5. The first kappa shape index (κ1) is 102. The topological polar surface area (TPSA) is 500 Å². The maximum absolute atomic E-state index is 15.5. The second-order valence-corrected chi connectivity index (χ2v) is 34.2. The molecule has 35 nitrogen and oxygen atoms in total. The Kier molecular flexibility index (Phi) is 38.8. The first-order chi connectivity index (χ1) is 61.9. The number of rotatable bonds is 24. The van der Waals surface area contributed by atoms with E-state index in [4.69, 9.17) is 5.73 Å². The van der Waals surface area contributed by atoms with Gasteiger partial charge in [0.05, 0.1) is 31.8 Å². The number of carbonyl (C=O) groups excluding carboxylic acids is 15. The largest absolute Gasteiger partial charge is 0.508 e. The molecule has 15 N–H and O–H groups in total. The smallest absolute Gasteiger partial charge is 0.305 e. The number of thioether (sulfide) groups is 1. The summed E-state index contributed by atoms with van der Waals surface area (Å²) in [5.74, 6) is -17.3. The predicted molar refractivity (Wildman–Crippen MR) is 487 cm³/mol. The highest BCUT2D eigenvalue weighted by Gasteiger charge is 2.43. The zero-order valence-corrected chi connectivity index (χ0v) is 75.6. The molecule has 8 rings (SSSR count). The number of H-pyrrole nitrogens is 1. The standard InChI is InChI=1S/C94H120N16O19S/c1-11-13-33-75-92(127)107(7)53-80(115)99-71(49-82(117)118)88(123)105-83(57(5)12-2)94(129)109(9)76(46-59-27-19-15-20-28-59)89(124)103-72(45-62-36-40-65(112)41-37-62)90(125)106(6)52-79(114)98-70(48-63-50-96-67-32-24-23-31-66(63)67)87(122)102-69(43-61-34-38-64(111)39-35-61)86(121)101-68(42-56(3)4)85(120)104-74(84(119)97-51-78(95)113)54-130-55-81(116)100-73(44-58-25-17-14-18-26-58)91(126)110(10)77(93(128)108(75)8)47-60-29-21-16-22-30-60/h14-32,34-41,50,56-57,68-77,83,96,111-112H,11-13,33,42-49,51-55H2,1-10H3,(H2,95,113)(H,97,119)(H,98,114)(H,99,115)(H,100,116)(H,101,121)(H,102,122)(H,103,124)(H,104,120)(H,105,123)(H,117,118). The van der Waals surface area contributed by atoms with E-state index in [0.29, 0.717) is 57.1 Å². The van der Waals surface area contributed by atoms with Gasteiger partial charge in [-0.05, 0) is 88.4 Å². The summed E-state index contributed by atoms with van der Waals surface area (Å²) in [6, 6.07) is 27.3. The van der Waals surface area contributed by atoms with Gasteiger partial charge in [-0.15, -0.1) is 11.8 Å². The van der Waals surface area contributed by atoms with Gasteiger partial charge in [0.2, 0.25) is 88.6 Å². The third kappa shape index (κ3) is 30.5. The molecule has 6 aromatic carbocycles. The average Bonchev–Trinajstić information content (AvgIpc) is 1.02. The summed E-state index contributed by atoms with van der Waals surface area (Å²) >= 11 is 0.830. The van der Waals surface area contributed by atoms with E-state index in [2.05, 4.69) is 52.8 Å². The third-order valence-corrected chi connectivity index (χ3v) is 23.6. The Morgan fingerprint density at radius 2 is 0.908 bits per heavy atom. The number of carbonyl (C=O) groups is 16. The second kappa shape index (κ2) is 49.6. The van der Waals surface area contributed by atoms with Gasteiger partial charge in [-0.25, -0.2) is 0 Å². The lowest BCUT2D eigenvalue weighted by atomic mass is 9.95. The average molecular weight is 1810 g/mol. The Morgan fingerprint density at radius 3 is 1.45 bits per heavy atom. The van der Waals surface area contributed by atoms with Gasteiger partial charge in [0, 0.05) is 96.6 Å². The zero-order valence-electron chi connectivity index (χ0n) is 74.8. The van der Waals surface area contributed by atoms with Gasteiger partial charge in [-0.1, -0.05) is 187 Å². The number of para-hydroxylation sites is 1. The summed E-state index contributed by atoms with van der Waals surface area (Å²) in [4.78, 5) is 244. The fraction of sp³-hybridized carbons (Fsp3) is 0.426. The van der Waals surface area contributed by atoms with Crippen molar-refractivity contribution in [3.05, 3.63) is 203 Å². The number of aromatic hydroxyl groups is 2. The number of nitrogens with zero attached hydrogens (tertiary/aromatic N) is 5. The van der Waals surface area contributed by atoms with Crippen LogP contribution in [0.2, 0.25) is 0 Å². The number of nitrogens with two attached hydrogens (primary N) is 1. The highest BCUT2D eigenvalue weighted by Crippen LogP contribution is 2.25. The van der Waals surface area contributed by atoms with Gasteiger partial charge in [0.1, 0.15) is 78.0 Å². The fourth-order valence-electron chi connectivity index (χ4n) is 15.1. The van der Waals surface area contributed by atoms with Crippen LogP contribution in [-0.4, -0.2) is 272 Å². The molecule has 0 spiro atoms. The Balaban J connectivity index is 1.22. The van der Waals surface area contributed by atoms with E-state index >= 15 is 38.4 Å². The number of carboxylic acid groups (broad SMARTS) is 1. The van der Waals surface area contributed by atoms with Crippen LogP contribution in [0.3, 0.4) is 0 Å². The number of phenols is 2. The number of hydrogen-bond acceptors (Lipinski definition) is 19. The quantitative estimate of drug-likeness (QED) is 0.0413. The maximum atomic E-state index is 15.5. The minimum absolute atomic E-state index is 0.0303. The van der Waals surface area contributed by atoms with E-state index < -0.39 is 199 Å². The van der Waals surface area contributed by atoms with Crippen molar-refractivity contribution in [2.75, 3.05) is 66.4 Å². The van der Waals surface area contributed by atoms with Crippen molar-refractivity contribution >= 4 is 117 Å². The molecule has 1 saturated heterocycles. The summed E-state index contributed by atoms with van der Waals surface area (Å²) in [6.07, 6.45) is 0.306. The molecule has 1 fully saturated rings. The van der Waals surface area contributed by atoms with E-state index in [1.165, 1.54) is 93.6 Å². The second-order valence-electron chi connectivity index (χ2n) is 33.2. The van der Waals surface area contributed by atoms with Crippen LogP contribution in [0.1, 0.15) is 107 Å². The molecule has 15 amide bonds. The summed E-state index contributed by atoms with van der Waals surface area (Å²) in [7, 11) is 6.56. The highest BCUT2D eigenvalue weighted by molar-refractivity contribution is 8.00. The van der Waals surface area contributed by atoms with Crippen LogP contribution in [-0.2, 0) is 115 Å². The van der Waals surface area contributed by atoms with Gasteiger partial charge >= 0.3 is 5.97 Å².